The molecule has 1 unspecified atom stereocenters. The highest BCUT2D eigenvalue weighted by molar-refractivity contribution is 6.04. The van der Waals surface area contributed by atoms with Crippen LogP contribution in [-0.4, -0.2) is 124 Å². The van der Waals surface area contributed by atoms with Crippen LogP contribution < -0.4 is 21.3 Å². The molecule has 1 aromatic carbocycles. The van der Waals surface area contributed by atoms with Crippen molar-refractivity contribution in [1.29, 1.82) is 0 Å². The standard InChI is InChI=1S/C40H63N5O12/c1-27(35(49)43-28(2)36(50)44-30-11-9-29(10-12-30)26-57-38(52)40(6,7)8)42-33(47)14-17-53-19-21-55-23-24-56-22-20-54-18-15-41-32(46)13-16-45-34(48)25-31(37(45)51)39(3,4)5/h9-12,27-28,31H,13-26H2,1-8H3,(H,41,46)(H,42,47)(H,43,49)(H,44,50)/t27-,28-,31?/m0/s1. The lowest BCUT2D eigenvalue weighted by Crippen LogP contribution is -2.50. The number of benzene rings is 1. The Labute approximate surface area is 335 Å². The number of likely N-dealkylation sites (tertiary alicyclic amines) is 1. The highest BCUT2D eigenvalue weighted by atomic mass is 16.6. The van der Waals surface area contributed by atoms with E-state index in [9.17, 15) is 33.6 Å². The van der Waals surface area contributed by atoms with Gasteiger partial charge in [0.25, 0.3) is 0 Å². The fraction of sp³-hybridized carbons (Fsp3) is 0.675. The molecular formula is C40H63N5O12. The summed E-state index contributed by atoms with van der Waals surface area (Å²) in [6.45, 7) is 17.0. The molecule has 320 valence electrons. The summed E-state index contributed by atoms with van der Waals surface area (Å²) in [7, 11) is 0. The summed E-state index contributed by atoms with van der Waals surface area (Å²) in [5.74, 6) is -2.73. The van der Waals surface area contributed by atoms with Crippen molar-refractivity contribution in [2.45, 2.75) is 93.3 Å². The molecule has 0 bridgehead atoms. The number of ether oxygens (including phenoxy) is 5. The molecule has 1 aliphatic heterocycles. The Bertz CT molecular complexity index is 1490. The Balaban J connectivity index is 1.43. The fourth-order valence-electron chi connectivity index (χ4n) is 5.17. The summed E-state index contributed by atoms with van der Waals surface area (Å²) in [5.41, 5.74) is 0.360. The number of hydrogen-bond donors (Lipinski definition) is 4. The maximum Gasteiger partial charge on any atom is 0.311 e. The molecule has 0 radical (unpaired) electrons. The molecule has 1 aliphatic rings. The highest BCUT2D eigenvalue weighted by Gasteiger charge is 2.44. The number of amides is 6. The van der Waals surface area contributed by atoms with E-state index in [0.29, 0.717) is 45.3 Å². The van der Waals surface area contributed by atoms with Gasteiger partial charge in [0.1, 0.15) is 18.7 Å². The minimum Gasteiger partial charge on any atom is -0.460 e. The molecule has 1 aromatic rings. The van der Waals surface area contributed by atoms with Gasteiger partial charge in [-0.2, -0.15) is 0 Å². The van der Waals surface area contributed by atoms with Gasteiger partial charge in [-0.1, -0.05) is 32.9 Å². The van der Waals surface area contributed by atoms with E-state index in [1.165, 1.54) is 18.7 Å². The van der Waals surface area contributed by atoms with E-state index in [0.717, 1.165) is 5.56 Å². The molecule has 1 heterocycles. The molecule has 0 saturated carbocycles. The average Bonchev–Trinajstić information content (AvgIpc) is 3.43. The SMILES string of the molecule is C[C@H](NC(=O)CCOCCOCCOCCOCCNC(=O)CCN1C(=O)CC(C(C)(C)C)C1=O)C(=O)N[C@@H](C)C(=O)Nc1ccc(COC(=O)C(C)(C)C)cc1. The van der Waals surface area contributed by atoms with Crippen LogP contribution in [0.2, 0.25) is 0 Å². The van der Waals surface area contributed by atoms with Gasteiger partial charge in [0.15, 0.2) is 0 Å². The van der Waals surface area contributed by atoms with Crippen molar-refractivity contribution in [3.63, 3.8) is 0 Å². The van der Waals surface area contributed by atoms with Gasteiger partial charge in [0, 0.05) is 38.0 Å². The second-order valence-corrected chi connectivity index (χ2v) is 15.8. The zero-order valence-corrected chi connectivity index (χ0v) is 34.8. The second kappa shape index (κ2) is 24.4. The van der Waals surface area contributed by atoms with E-state index in [1.54, 1.807) is 45.0 Å². The van der Waals surface area contributed by atoms with Crippen LogP contribution in [0.5, 0.6) is 0 Å². The normalized spacial score (nSPS) is 15.5. The summed E-state index contributed by atoms with van der Waals surface area (Å²) in [5, 5.41) is 10.6. The molecule has 3 atom stereocenters. The van der Waals surface area contributed by atoms with Crippen LogP contribution in [0.25, 0.3) is 0 Å². The molecule has 0 aromatic heterocycles. The molecule has 1 fully saturated rings. The molecule has 0 aliphatic carbocycles. The summed E-state index contributed by atoms with van der Waals surface area (Å²) < 4.78 is 27.1. The zero-order chi connectivity index (χ0) is 42.6. The van der Waals surface area contributed by atoms with E-state index in [2.05, 4.69) is 21.3 Å². The third kappa shape index (κ3) is 19.0. The van der Waals surface area contributed by atoms with Crippen molar-refractivity contribution in [3.8, 4) is 0 Å². The average molecular weight is 806 g/mol. The van der Waals surface area contributed by atoms with Gasteiger partial charge in [-0.25, -0.2) is 0 Å². The number of esters is 1. The first-order chi connectivity index (χ1) is 26.8. The topological polar surface area (TPSA) is 217 Å². The van der Waals surface area contributed by atoms with Crippen LogP contribution in [0.3, 0.4) is 0 Å². The third-order valence-corrected chi connectivity index (χ3v) is 8.74. The van der Waals surface area contributed by atoms with Crippen LogP contribution in [0.15, 0.2) is 24.3 Å². The van der Waals surface area contributed by atoms with Crippen molar-refractivity contribution in [3.05, 3.63) is 29.8 Å². The number of carbonyl (C=O) groups is 7. The molecule has 6 amide bonds. The first kappa shape index (κ1) is 48.7. The van der Waals surface area contributed by atoms with Crippen molar-refractivity contribution in [2.75, 3.05) is 71.3 Å². The Hall–Kier alpha value is -4.45. The minimum absolute atomic E-state index is 0.0323. The van der Waals surface area contributed by atoms with Crippen LogP contribution in [0.1, 0.15) is 80.2 Å². The van der Waals surface area contributed by atoms with Gasteiger partial charge in [0.05, 0.1) is 64.2 Å². The summed E-state index contributed by atoms with van der Waals surface area (Å²) in [4.78, 5) is 87.4. The van der Waals surface area contributed by atoms with Crippen molar-refractivity contribution >= 4 is 47.1 Å². The van der Waals surface area contributed by atoms with E-state index in [1.807, 2.05) is 20.8 Å². The Morgan fingerprint density at radius 1 is 0.719 bits per heavy atom. The molecule has 2 rings (SSSR count). The first-order valence-electron chi connectivity index (χ1n) is 19.4. The largest absolute Gasteiger partial charge is 0.460 e. The zero-order valence-electron chi connectivity index (χ0n) is 34.8. The first-order valence-corrected chi connectivity index (χ1v) is 19.4. The fourth-order valence-corrected chi connectivity index (χ4v) is 5.17. The Morgan fingerprint density at radius 2 is 1.26 bits per heavy atom. The molecule has 17 nitrogen and oxygen atoms in total. The number of carbonyl (C=O) groups excluding carboxylic acids is 7. The smallest absolute Gasteiger partial charge is 0.311 e. The maximum atomic E-state index is 12.6. The summed E-state index contributed by atoms with van der Waals surface area (Å²) >= 11 is 0. The van der Waals surface area contributed by atoms with Crippen LogP contribution >= 0.6 is 0 Å². The number of hydrogen-bond acceptors (Lipinski definition) is 12. The lowest BCUT2D eigenvalue weighted by molar-refractivity contribution is -0.154. The van der Waals surface area contributed by atoms with E-state index < -0.39 is 29.3 Å². The van der Waals surface area contributed by atoms with Crippen LogP contribution in [-0.2, 0) is 63.9 Å². The van der Waals surface area contributed by atoms with Gasteiger partial charge >= 0.3 is 5.97 Å². The predicted octanol–water partition coefficient (Wildman–Crippen LogP) is 2.11. The number of imide groups is 1. The van der Waals surface area contributed by atoms with E-state index in [-0.39, 0.29) is 93.2 Å². The van der Waals surface area contributed by atoms with Crippen LogP contribution in [0.4, 0.5) is 5.69 Å². The number of rotatable bonds is 25. The van der Waals surface area contributed by atoms with Crippen molar-refractivity contribution in [1.82, 2.24) is 20.9 Å². The molecule has 1 saturated heterocycles. The maximum absolute atomic E-state index is 12.6. The lowest BCUT2D eigenvalue weighted by atomic mass is 9.80. The Kier molecular flexibility index (Phi) is 20.8. The summed E-state index contributed by atoms with van der Waals surface area (Å²) in [6, 6.07) is 5.05. The molecular weight excluding hydrogens is 742 g/mol. The van der Waals surface area contributed by atoms with E-state index >= 15 is 0 Å². The van der Waals surface area contributed by atoms with Gasteiger partial charge in [-0.05, 0) is 57.7 Å². The molecule has 57 heavy (non-hydrogen) atoms. The quantitative estimate of drug-likeness (QED) is 0.0635. The Morgan fingerprint density at radius 3 is 1.81 bits per heavy atom. The van der Waals surface area contributed by atoms with Gasteiger partial charge in [0.2, 0.25) is 35.4 Å². The van der Waals surface area contributed by atoms with Gasteiger partial charge < -0.3 is 45.0 Å². The van der Waals surface area contributed by atoms with Gasteiger partial charge in [-0.15, -0.1) is 0 Å². The second-order valence-electron chi connectivity index (χ2n) is 15.8. The predicted molar refractivity (Wildman–Crippen MR) is 209 cm³/mol. The molecule has 4 N–H and O–H groups in total. The van der Waals surface area contributed by atoms with Gasteiger partial charge in [-0.3, -0.25) is 38.5 Å². The molecule has 0 spiro atoms. The molecule has 17 heteroatoms. The summed E-state index contributed by atoms with van der Waals surface area (Å²) in [6.07, 6.45) is 0.258. The lowest BCUT2D eigenvalue weighted by Gasteiger charge is -2.24. The van der Waals surface area contributed by atoms with Crippen molar-refractivity contribution in [2.24, 2.45) is 16.7 Å². The number of nitrogens with one attached hydrogen (secondary N) is 4. The highest BCUT2D eigenvalue weighted by Crippen LogP contribution is 2.35. The minimum atomic E-state index is -0.878. The van der Waals surface area contributed by atoms with Crippen LogP contribution in [0, 0.1) is 16.7 Å². The van der Waals surface area contributed by atoms with Crippen molar-refractivity contribution < 1.29 is 57.2 Å². The number of anilines is 1. The third-order valence-electron chi connectivity index (χ3n) is 8.74. The monoisotopic (exact) mass is 805 g/mol. The van der Waals surface area contributed by atoms with E-state index in [4.69, 9.17) is 23.7 Å². The number of nitrogens with zero attached hydrogens (tertiary/aromatic N) is 1.